The molecule has 0 atom stereocenters. The van der Waals surface area contributed by atoms with Gasteiger partial charge in [-0.05, 0) is 12.3 Å². The normalized spacial score (nSPS) is 15.3. The molecule has 82 valence electrons. The first-order valence-electron chi connectivity index (χ1n) is 5.26. The minimum atomic E-state index is -0.130. The highest BCUT2D eigenvalue weighted by Crippen LogP contribution is 2.32. The molecule has 0 radical (unpaired) electrons. The largest absolute Gasteiger partial charge is 0.382 e. The highest BCUT2D eigenvalue weighted by molar-refractivity contribution is 5.93. The van der Waals surface area contributed by atoms with E-state index in [1.54, 1.807) is 17.8 Å². The predicted molar refractivity (Wildman–Crippen MR) is 57.4 cm³/mol. The van der Waals surface area contributed by atoms with Crippen LogP contribution in [-0.2, 0) is 6.54 Å². The van der Waals surface area contributed by atoms with Crippen LogP contribution >= 0.6 is 0 Å². The van der Waals surface area contributed by atoms with Gasteiger partial charge in [-0.15, -0.1) is 0 Å². The standard InChI is InChI=1S/C10H16N4O/c1-12-10(15)8-6-9(11)13-14(8)5-4-7-2-3-7/h6-7H,2-5H2,1H3,(H2,11,13)(H,12,15). The Labute approximate surface area is 88.6 Å². The minimum Gasteiger partial charge on any atom is -0.382 e. The molecule has 1 aromatic rings. The summed E-state index contributed by atoms with van der Waals surface area (Å²) in [4.78, 5) is 11.5. The van der Waals surface area contributed by atoms with Crippen molar-refractivity contribution in [3.05, 3.63) is 11.8 Å². The van der Waals surface area contributed by atoms with Gasteiger partial charge in [-0.1, -0.05) is 12.8 Å². The molecule has 1 aromatic heterocycles. The lowest BCUT2D eigenvalue weighted by Crippen LogP contribution is -2.22. The van der Waals surface area contributed by atoms with Crippen molar-refractivity contribution in [2.24, 2.45) is 5.92 Å². The molecular formula is C10H16N4O. The molecule has 1 aliphatic carbocycles. The zero-order valence-electron chi connectivity index (χ0n) is 8.86. The van der Waals surface area contributed by atoms with Crippen LogP contribution in [0.1, 0.15) is 29.8 Å². The van der Waals surface area contributed by atoms with Crippen molar-refractivity contribution in [2.45, 2.75) is 25.8 Å². The van der Waals surface area contributed by atoms with Gasteiger partial charge in [0.05, 0.1) is 0 Å². The summed E-state index contributed by atoms with van der Waals surface area (Å²) >= 11 is 0. The number of carbonyl (C=O) groups excluding carboxylic acids is 1. The summed E-state index contributed by atoms with van der Waals surface area (Å²) in [6, 6.07) is 1.62. The lowest BCUT2D eigenvalue weighted by molar-refractivity contribution is 0.0952. The summed E-state index contributed by atoms with van der Waals surface area (Å²) in [7, 11) is 1.61. The molecule has 0 spiro atoms. The summed E-state index contributed by atoms with van der Waals surface area (Å²) in [6.07, 6.45) is 3.71. The molecule has 5 heteroatoms. The lowest BCUT2D eigenvalue weighted by atomic mass is 10.3. The Morgan fingerprint density at radius 2 is 2.47 bits per heavy atom. The molecular weight excluding hydrogens is 192 g/mol. The van der Waals surface area contributed by atoms with Crippen molar-refractivity contribution in [3.63, 3.8) is 0 Å². The number of nitrogens with one attached hydrogen (secondary N) is 1. The fourth-order valence-corrected chi connectivity index (χ4v) is 1.63. The molecule has 0 unspecified atom stereocenters. The van der Waals surface area contributed by atoms with Gasteiger partial charge in [-0.25, -0.2) is 0 Å². The van der Waals surface area contributed by atoms with Crippen molar-refractivity contribution in [2.75, 3.05) is 12.8 Å². The number of aromatic nitrogens is 2. The number of nitrogens with two attached hydrogens (primary N) is 1. The second-order valence-corrected chi connectivity index (χ2v) is 3.99. The quantitative estimate of drug-likeness (QED) is 0.762. The number of hydrogen-bond acceptors (Lipinski definition) is 3. The van der Waals surface area contributed by atoms with E-state index in [4.69, 9.17) is 5.73 Å². The van der Waals surface area contributed by atoms with Crippen LogP contribution in [0.5, 0.6) is 0 Å². The Kier molecular flexibility index (Phi) is 2.62. The van der Waals surface area contributed by atoms with E-state index in [0.717, 1.165) is 18.9 Å². The predicted octanol–water partition coefficient (Wildman–Crippen LogP) is 0.625. The number of nitrogens with zero attached hydrogens (tertiary/aromatic N) is 2. The fourth-order valence-electron chi connectivity index (χ4n) is 1.63. The van der Waals surface area contributed by atoms with Gasteiger partial charge in [0.2, 0.25) is 0 Å². The molecule has 1 amide bonds. The monoisotopic (exact) mass is 208 g/mol. The zero-order chi connectivity index (χ0) is 10.8. The third kappa shape index (κ3) is 2.29. The molecule has 0 aromatic carbocycles. The average molecular weight is 208 g/mol. The van der Waals surface area contributed by atoms with E-state index in [-0.39, 0.29) is 5.91 Å². The maximum absolute atomic E-state index is 11.5. The first-order valence-corrected chi connectivity index (χ1v) is 5.26. The fraction of sp³-hybridized carbons (Fsp3) is 0.600. The number of carbonyl (C=O) groups is 1. The van der Waals surface area contributed by atoms with E-state index in [9.17, 15) is 4.79 Å². The van der Waals surface area contributed by atoms with E-state index in [0.29, 0.717) is 11.5 Å². The van der Waals surface area contributed by atoms with E-state index in [2.05, 4.69) is 10.4 Å². The Balaban J connectivity index is 2.09. The average Bonchev–Trinajstić information content (AvgIpc) is 2.98. The Bertz CT molecular complexity index is 367. The number of nitrogen functional groups attached to an aromatic ring is 1. The van der Waals surface area contributed by atoms with E-state index >= 15 is 0 Å². The second kappa shape index (κ2) is 3.92. The number of amides is 1. The van der Waals surface area contributed by atoms with E-state index in [1.807, 2.05) is 0 Å². The van der Waals surface area contributed by atoms with Crippen LogP contribution in [0, 0.1) is 5.92 Å². The van der Waals surface area contributed by atoms with Gasteiger partial charge < -0.3 is 11.1 Å². The topological polar surface area (TPSA) is 72.9 Å². The Morgan fingerprint density at radius 3 is 3.07 bits per heavy atom. The van der Waals surface area contributed by atoms with Crippen molar-refractivity contribution in [3.8, 4) is 0 Å². The maximum atomic E-state index is 11.5. The molecule has 0 saturated heterocycles. The zero-order valence-corrected chi connectivity index (χ0v) is 8.86. The Morgan fingerprint density at radius 1 is 1.73 bits per heavy atom. The molecule has 3 N–H and O–H groups in total. The third-order valence-electron chi connectivity index (χ3n) is 2.70. The molecule has 1 fully saturated rings. The first-order chi connectivity index (χ1) is 7.20. The molecule has 2 rings (SSSR count). The number of anilines is 1. The summed E-state index contributed by atoms with van der Waals surface area (Å²) in [5.41, 5.74) is 6.13. The van der Waals surface area contributed by atoms with Crippen molar-refractivity contribution < 1.29 is 4.79 Å². The van der Waals surface area contributed by atoms with Crippen molar-refractivity contribution in [1.29, 1.82) is 0 Å². The van der Waals surface area contributed by atoms with Crippen molar-refractivity contribution >= 4 is 11.7 Å². The molecule has 1 aliphatic rings. The van der Waals surface area contributed by atoms with Crippen LogP contribution in [0.25, 0.3) is 0 Å². The van der Waals surface area contributed by atoms with Crippen LogP contribution in [0.2, 0.25) is 0 Å². The van der Waals surface area contributed by atoms with Crippen LogP contribution < -0.4 is 11.1 Å². The van der Waals surface area contributed by atoms with Gasteiger partial charge in [-0.3, -0.25) is 9.48 Å². The van der Waals surface area contributed by atoms with Crippen LogP contribution in [-0.4, -0.2) is 22.7 Å². The highest BCUT2D eigenvalue weighted by atomic mass is 16.1. The lowest BCUT2D eigenvalue weighted by Gasteiger charge is -2.04. The number of hydrogen-bond donors (Lipinski definition) is 2. The Hall–Kier alpha value is -1.52. The van der Waals surface area contributed by atoms with Crippen molar-refractivity contribution in [1.82, 2.24) is 15.1 Å². The smallest absolute Gasteiger partial charge is 0.269 e. The molecule has 0 aliphatic heterocycles. The van der Waals surface area contributed by atoms with Gasteiger partial charge in [0.25, 0.3) is 5.91 Å². The van der Waals surface area contributed by atoms with Crippen LogP contribution in [0.15, 0.2) is 6.07 Å². The SMILES string of the molecule is CNC(=O)c1cc(N)nn1CCC1CC1. The number of rotatable bonds is 4. The van der Waals surface area contributed by atoms with E-state index in [1.165, 1.54) is 12.8 Å². The minimum absolute atomic E-state index is 0.130. The second-order valence-electron chi connectivity index (χ2n) is 3.99. The molecule has 0 bridgehead atoms. The van der Waals surface area contributed by atoms with Crippen LogP contribution in [0.4, 0.5) is 5.82 Å². The van der Waals surface area contributed by atoms with Gasteiger partial charge in [0.15, 0.2) is 0 Å². The summed E-state index contributed by atoms with van der Waals surface area (Å²) in [5, 5.41) is 6.70. The number of aryl methyl sites for hydroxylation is 1. The molecule has 1 saturated carbocycles. The van der Waals surface area contributed by atoms with Gasteiger partial charge >= 0.3 is 0 Å². The summed E-state index contributed by atoms with van der Waals surface area (Å²) in [5.74, 6) is 1.10. The van der Waals surface area contributed by atoms with Gasteiger partial charge in [-0.2, -0.15) is 5.10 Å². The molecule has 15 heavy (non-hydrogen) atoms. The third-order valence-corrected chi connectivity index (χ3v) is 2.70. The van der Waals surface area contributed by atoms with E-state index < -0.39 is 0 Å². The van der Waals surface area contributed by atoms with Gasteiger partial charge in [0, 0.05) is 19.7 Å². The molecule has 5 nitrogen and oxygen atoms in total. The van der Waals surface area contributed by atoms with Crippen LogP contribution in [0.3, 0.4) is 0 Å². The maximum Gasteiger partial charge on any atom is 0.269 e. The summed E-state index contributed by atoms with van der Waals surface area (Å²) in [6.45, 7) is 0.782. The molecule has 1 heterocycles. The first kappa shape index (κ1) is 10.0. The highest BCUT2D eigenvalue weighted by Gasteiger charge is 2.22. The summed E-state index contributed by atoms with van der Waals surface area (Å²) < 4.78 is 1.70. The van der Waals surface area contributed by atoms with Gasteiger partial charge in [0.1, 0.15) is 11.5 Å².